The molecule has 4 N–H and O–H groups in total. The van der Waals surface area contributed by atoms with Crippen LogP contribution in [0.5, 0.6) is 5.75 Å². The van der Waals surface area contributed by atoms with Crippen molar-refractivity contribution in [2.75, 3.05) is 18.2 Å². The molecule has 0 heterocycles. The number of ether oxygens (including phenoxy) is 1. The van der Waals surface area contributed by atoms with Gasteiger partial charge in [0, 0.05) is 17.7 Å². The zero-order chi connectivity index (χ0) is 22.5. The van der Waals surface area contributed by atoms with Crippen molar-refractivity contribution in [1.82, 2.24) is 5.32 Å². The van der Waals surface area contributed by atoms with Crippen molar-refractivity contribution in [3.05, 3.63) is 102 Å². The Labute approximate surface area is 186 Å². The highest BCUT2D eigenvalue weighted by molar-refractivity contribution is 6.05. The molecular weight excluding hydrogens is 402 g/mol. The second kappa shape index (κ2) is 9.22. The summed E-state index contributed by atoms with van der Waals surface area (Å²) in [4.78, 5) is 25.0. The summed E-state index contributed by atoms with van der Waals surface area (Å²) in [5.41, 5.74) is 8.93. The maximum atomic E-state index is 12.6. The van der Waals surface area contributed by atoms with Crippen molar-refractivity contribution in [3.8, 4) is 5.75 Å². The highest BCUT2D eigenvalue weighted by Gasteiger charge is 2.10. The third-order valence-corrected chi connectivity index (χ3v) is 5.19. The van der Waals surface area contributed by atoms with Crippen molar-refractivity contribution in [2.24, 2.45) is 0 Å². The van der Waals surface area contributed by atoms with E-state index in [4.69, 9.17) is 10.5 Å². The minimum atomic E-state index is -0.244. The van der Waals surface area contributed by atoms with Crippen LogP contribution in [0.2, 0.25) is 0 Å². The molecule has 160 valence electrons. The topological polar surface area (TPSA) is 93.4 Å². The molecule has 0 spiro atoms. The summed E-state index contributed by atoms with van der Waals surface area (Å²) in [6.45, 7) is 0.354. The molecular formula is C26H23N3O3. The van der Waals surface area contributed by atoms with Crippen molar-refractivity contribution in [3.63, 3.8) is 0 Å². The van der Waals surface area contributed by atoms with Gasteiger partial charge in [0.1, 0.15) is 5.75 Å². The van der Waals surface area contributed by atoms with Crippen molar-refractivity contribution in [1.29, 1.82) is 0 Å². The summed E-state index contributed by atoms with van der Waals surface area (Å²) in [6.07, 6.45) is 0. The SMILES string of the molecule is COc1ccc2cc(C(=O)NCc3ccc(C(=O)Nc4ccccc4N)cc3)ccc2c1. The van der Waals surface area contributed by atoms with Gasteiger partial charge in [0.2, 0.25) is 0 Å². The first-order valence-electron chi connectivity index (χ1n) is 10.1. The Morgan fingerprint density at radius 3 is 2.25 bits per heavy atom. The summed E-state index contributed by atoms with van der Waals surface area (Å²) in [5.74, 6) is 0.370. The van der Waals surface area contributed by atoms with Crippen LogP contribution in [0.15, 0.2) is 84.9 Å². The Bertz CT molecular complexity index is 1280. The second-order valence-corrected chi connectivity index (χ2v) is 7.35. The van der Waals surface area contributed by atoms with Crippen LogP contribution in [-0.2, 0) is 6.54 Å². The molecule has 6 nitrogen and oxygen atoms in total. The minimum absolute atomic E-state index is 0.163. The van der Waals surface area contributed by atoms with Crippen LogP contribution in [-0.4, -0.2) is 18.9 Å². The van der Waals surface area contributed by atoms with Gasteiger partial charge in [-0.1, -0.05) is 36.4 Å². The summed E-state index contributed by atoms with van der Waals surface area (Å²) >= 11 is 0. The van der Waals surface area contributed by atoms with Crippen molar-refractivity contribution in [2.45, 2.75) is 6.54 Å². The van der Waals surface area contributed by atoms with E-state index in [0.29, 0.717) is 29.0 Å². The lowest BCUT2D eigenvalue weighted by Crippen LogP contribution is -2.22. The molecule has 4 rings (SSSR count). The maximum Gasteiger partial charge on any atom is 0.255 e. The number of nitrogen functional groups attached to an aromatic ring is 1. The molecule has 0 unspecified atom stereocenters. The van der Waals surface area contributed by atoms with Gasteiger partial charge in [-0.2, -0.15) is 0 Å². The lowest BCUT2D eigenvalue weighted by atomic mass is 10.1. The lowest BCUT2D eigenvalue weighted by molar-refractivity contribution is 0.0950. The van der Waals surface area contributed by atoms with Gasteiger partial charge in [-0.3, -0.25) is 9.59 Å². The summed E-state index contributed by atoms with van der Waals surface area (Å²) in [7, 11) is 1.63. The molecule has 0 fully saturated rings. The molecule has 0 saturated carbocycles. The normalized spacial score (nSPS) is 10.5. The fourth-order valence-corrected chi connectivity index (χ4v) is 3.36. The molecule has 32 heavy (non-hydrogen) atoms. The number of carbonyl (C=O) groups excluding carboxylic acids is 2. The van der Waals surface area contributed by atoms with Crippen molar-refractivity contribution >= 4 is 34.0 Å². The molecule has 0 aliphatic heterocycles. The van der Waals surface area contributed by atoms with Gasteiger partial charge in [0.05, 0.1) is 18.5 Å². The van der Waals surface area contributed by atoms with E-state index in [2.05, 4.69) is 10.6 Å². The van der Waals surface area contributed by atoms with E-state index in [-0.39, 0.29) is 11.8 Å². The number of anilines is 2. The molecule has 4 aromatic carbocycles. The Hall–Kier alpha value is -4.32. The zero-order valence-corrected chi connectivity index (χ0v) is 17.6. The quantitative estimate of drug-likeness (QED) is 0.393. The van der Waals surface area contributed by atoms with Gasteiger partial charge in [-0.25, -0.2) is 0 Å². The third kappa shape index (κ3) is 4.70. The van der Waals surface area contributed by atoms with Crippen LogP contribution < -0.4 is 21.1 Å². The molecule has 0 bridgehead atoms. The van der Waals surface area contributed by atoms with Crippen LogP contribution in [0.4, 0.5) is 11.4 Å². The molecule has 0 atom stereocenters. The fraction of sp³-hybridized carbons (Fsp3) is 0.0769. The second-order valence-electron chi connectivity index (χ2n) is 7.35. The van der Waals surface area contributed by atoms with Gasteiger partial charge in [0.15, 0.2) is 0 Å². The summed E-state index contributed by atoms with van der Waals surface area (Å²) in [5, 5.41) is 7.69. The highest BCUT2D eigenvalue weighted by Crippen LogP contribution is 2.22. The number of fused-ring (bicyclic) bond motifs is 1. The van der Waals surface area contributed by atoms with Crippen LogP contribution in [0.25, 0.3) is 10.8 Å². The average molecular weight is 425 g/mol. The summed E-state index contributed by atoms with van der Waals surface area (Å²) < 4.78 is 5.24. The molecule has 0 saturated heterocycles. The highest BCUT2D eigenvalue weighted by atomic mass is 16.5. The molecule has 2 amide bonds. The largest absolute Gasteiger partial charge is 0.497 e. The van der Waals surface area contributed by atoms with Gasteiger partial charge in [0.25, 0.3) is 11.8 Å². The molecule has 6 heteroatoms. The Morgan fingerprint density at radius 2 is 1.50 bits per heavy atom. The van der Waals surface area contributed by atoms with Gasteiger partial charge in [-0.05, 0) is 64.9 Å². The number of nitrogens with one attached hydrogen (secondary N) is 2. The first kappa shape index (κ1) is 20.9. The van der Waals surface area contributed by atoms with Crippen LogP contribution in [0, 0.1) is 0 Å². The average Bonchev–Trinajstić information content (AvgIpc) is 2.83. The number of carbonyl (C=O) groups is 2. The molecule has 4 aromatic rings. The van der Waals surface area contributed by atoms with E-state index in [9.17, 15) is 9.59 Å². The number of nitrogens with two attached hydrogens (primary N) is 1. The van der Waals surface area contributed by atoms with E-state index in [1.54, 1.807) is 37.4 Å². The first-order chi connectivity index (χ1) is 15.5. The van der Waals surface area contributed by atoms with Gasteiger partial charge >= 0.3 is 0 Å². The monoisotopic (exact) mass is 425 g/mol. The number of rotatable bonds is 6. The number of benzene rings is 4. The Morgan fingerprint density at radius 1 is 0.812 bits per heavy atom. The van der Waals surface area contributed by atoms with E-state index >= 15 is 0 Å². The zero-order valence-electron chi connectivity index (χ0n) is 17.6. The molecule has 0 radical (unpaired) electrons. The molecule has 0 aliphatic carbocycles. The van der Waals surface area contributed by atoms with Crippen molar-refractivity contribution < 1.29 is 14.3 Å². The predicted molar refractivity (Wildman–Crippen MR) is 127 cm³/mol. The van der Waals surface area contributed by atoms with E-state index < -0.39 is 0 Å². The standard InChI is InChI=1S/C26H23N3O3/c1-32-22-13-12-19-14-21(11-10-20(19)15-22)25(30)28-16-17-6-8-18(9-7-17)26(31)29-24-5-3-2-4-23(24)27/h2-15H,16,27H2,1H3,(H,28,30)(H,29,31). The van der Waals surface area contributed by atoms with Gasteiger partial charge in [-0.15, -0.1) is 0 Å². The van der Waals surface area contributed by atoms with Crippen LogP contribution in [0.1, 0.15) is 26.3 Å². The number of methoxy groups -OCH3 is 1. The maximum absolute atomic E-state index is 12.6. The number of para-hydroxylation sites is 2. The Balaban J connectivity index is 1.37. The van der Waals surface area contributed by atoms with Gasteiger partial charge < -0.3 is 21.1 Å². The first-order valence-corrected chi connectivity index (χ1v) is 10.1. The fourth-order valence-electron chi connectivity index (χ4n) is 3.36. The predicted octanol–water partition coefficient (Wildman–Crippen LogP) is 4.61. The van der Waals surface area contributed by atoms with Crippen LogP contribution in [0.3, 0.4) is 0 Å². The minimum Gasteiger partial charge on any atom is -0.497 e. The Kier molecular flexibility index (Phi) is 6.03. The molecule has 0 aromatic heterocycles. The number of amides is 2. The van der Waals surface area contributed by atoms with E-state index in [1.165, 1.54) is 0 Å². The smallest absolute Gasteiger partial charge is 0.255 e. The number of hydrogen-bond acceptors (Lipinski definition) is 4. The van der Waals surface area contributed by atoms with Crippen LogP contribution >= 0.6 is 0 Å². The lowest BCUT2D eigenvalue weighted by Gasteiger charge is -2.09. The number of hydrogen-bond donors (Lipinski definition) is 3. The van der Waals surface area contributed by atoms with E-state index in [1.807, 2.05) is 54.6 Å². The third-order valence-electron chi connectivity index (χ3n) is 5.19. The summed E-state index contributed by atoms with van der Waals surface area (Å²) in [6, 6.07) is 25.4. The molecule has 0 aliphatic rings. The van der Waals surface area contributed by atoms with E-state index in [0.717, 1.165) is 22.1 Å².